The Morgan fingerprint density at radius 3 is 2.92 bits per heavy atom. The Morgan fingerprint density at radius 1 is 1.46 bits per heavy atom. The molecular formula is C9H11N3O. The van der Waals surface area contributed by atoms with Crippen LogP contribution in [0, 0.1) is 6.92 Å². The van der Waals surface area contributed by atoms with Crippen LogP contribution in [0.5, 0.6) is 5.75 Å². The molecule has 0 fully saturated rings. The number of hydrogen-bond acceptors (Lipinski definition) is 3. The number of aromatic nitrogens is 2. The van der Waals surface area contributed by atoms with Crippen molar-refractivity contribution in [2.24, 2.45) is 0 Å². The van der Waals surface area contributed by atoms with Crippen molar-refractivity contribution >= 4 is 16.6 Å². The Labute approximate surface area is 75.7 Å². The van der Waals surface area contributed by atoms with Gasteiger partial charge in [0.15, 0.2) is 5.75 Å². The van der Waals surface area contributed by atoms with E-state index in [0.717, 1.165) is 16.6 Å². The Kier molecular flexibility index (Phi) is 1.62. The SMILES string of the molecule is COc1c(N)ccc2n[nH]c(C)c12. The number of benzene rings is 1. The lowest BCUT2D eigenvalue weighted by molar-refractivity contribution is 0.422. The number of ether oxygens (including phenoxy) is 1. The number of nitrogens with zero attached hydrogens (tertiary/aromatic N) is 1. The number of fused-ring (bicyclic) bond motifs is 1. The number of nitrogens with two attached hydrogens (primary N) is 1. The highest BCUT2D eigenvalue weighted by Crippen LogP contribution is 2.32. The average Bonchev–Trinajstić information content (AvgIpc) is 2.49. The minimum Gasteiger partial charge on any atom is -0.494 e. The van der Waals surface area contributed by atoms with Gasteiger partial charge in [-0.05, 0) is 19.1 Å². The third-order valence-electron chi connectivity index (χ3n) is 2.09. The van der Waals surface area contributed by atoms with Crippen molar-refractivity contribution in [2.75, 3.05) is 12.8 Å². The Balaban J connectivity index is 2.88. The van der Waals surface area contributed by atoms with Crippen LogP contribution in [0.4, 0.5) is 5.69 Å². The Morgan fingerprint density at radius 2 is 2.23 bits per heavy atom. The van der Waals surface area contributed by atoms with Crippen molar-refractivity contribution in [3.05, 3.63) is 17.8 Å². The van der Waals surface area contributed by atoms with Crippen LogP contribution in [0.1, 0.15) is 5.69 Å². The van der Waals surface area contributed by atoms with E-state index in [1.807, 2.05) is 13.0 Å². The molecule has 2 aromatic rings. The molecule has 0 radical (unpaired) electrons. The molecule has 0 aliphatic rings. The summed E-state index contributed by atoms with van der Waals surface area (Å²) >= 11 is 0. The maximum absolute atomic E-state index is 5.76. The summed E-state index contributed by atoms with van der Waals surface area (Å²) in [5.74, 6) is 0.698. The standard InChI is InChI=1S/C9H11N3O/c1-5-8-7(12-11-5)4-3-6(10)9(8)13-2/h3-4H,10H2,1-2H3,(H,11,12). The summed E-state index contributed by atoms with van der Waals surface area (Å²) in [6.45, 7) is 1.94. The molecule has 0 unspecified atom stereocenters. The van der Waals surface area contributed by atoms with Gasteiger partial charge < -0.3 is 10.5 Å². The average molecular weight is 177 g/mol. The van der Waals surface area contributed by atoms with Crippen molar-refractivity contribution in [3.8, 4) is 5.75 Å². The molecule has 0 amide bonds. The van der Waals surface area contributed by atoms with Gasteiger partial charge in [-0.1, -0.05) is 0 Å². The number of rotatable bonds is 1. The number of nitrogen functional groups attached to an aromatic ring is 1. The second kappa shape index (κ2) is 2.65. The van der Waals surface area contributed by atoms with Crippen LogP contribution >= 0.6 is 0 Å². The summed E-state index contributed by atoms with van der Waals surface area (Å²) < 4.78 is 5.21. The Hall–Kier alpha value is -1.71. The van der Waals surface area contributed by atoms with E-state index in [9.17, 15) is 0 Å². The van der Waals surface area contributed by atoms with E-state index in [4.69, 9.17) is 10.5 Å². The van der Waals surface area contributed by atoms with Crippen LogP contribution in [-0.4, -0.2) is 17.3 Å². The molecule has 0 bridgehead atoms. The zero-order valence-corrected chi connectivity index (χ0v) is 7.59. The van der Waals surface area contributed by atoms with Gasteiger partial charge in [0.1, 0.15) is 0 Å². The summed E-state index contributed by atoms with van der Waals surface area (Å²) in [6.07, 6.45) is 0. The summed E-state index contributed by atoms with van der Waals surface area (Å²) in [5.41, 5.74) is 8.25. The predicted octanol–water partition coefficient (Wildman–Crippen LogP) is 1.46. The molecule has 1 aromatic heterocycles. The fraction of sp³-hybridized carbons (Fsp3) is 0.222. The fourth-order valence-corrected chi connectivity index (χ4v) is 1.46. The quantitative estimate of drug-likeness (QED) is 0.648. The molecule has 4 nitrogen and oxygen atoms in total. The first-order chi connectivity index (χ1) is 6.24. The van der Waals surface area contributed by atoms with Gasteiger partial charge in [0.2, 0.25) is 0 Å². The van der Waals surface area contributed by atoms with Crippen LogP contribution in [0.15, 0.2) is 12.1 Å². The lowest BCUT2D eigenvalue weighted by Gasteiger charge is -2.04. The van der Waals surface area contributed by atoms with Crippen LogP contribution < -0.4 is 10.5 Å². The normalized spacial score (nSPS) is 10.6. The second-order valence-electron chi connectivity index (χ2n) is 2.93. The zero-order chi connectivity index (χ0) is 9.42. The van der Waals surface area contributed by atoms with Crippen molar-refractivity contribution < 1.29 is 4.74 Å². The predicted molar refractivity (Wildman–Crippen MR) is 51.8 cm³/mol. The first-order valence-corrected chi connectivity index (χ1v) is 4.01. The lowest BCUT2D eigenvalue weighted by Crippen LogP contribution is -1.92. The minimum absolute atomic E-state index is 0.638. The molecule has 13 heavy (non-hydrogen) atoms. The number of anilines is 1. The highest BCUT2D eigenvalue weighted by molar-refractivity contribution is 5.92. The van der Waals surface area contributed by atoms with E-state index >= 15 is 0 Å². The Bertz CT molecular complexity index is 447. The molecule has 0 aliphatic carbocycles. The van der Waals surface area contributed by atoms with E-state index in [0.29, 0.717) is 11.4 Å². The summed E-state index contributed by atoms with van der Waals surface area (Å²) in [7, 11) is 1.61. The van der Waals surface area contributed by atoms with Crippen LogP contribution in [-0.2, 0) is 0 Å². The fourth-order valence-electron chi connectivity index (χ4n) is 1.46. The molecule has 1 aromatic carbocycles. The first-order valence-electron chi connectivity index (χ1n) is 4.01. The molecule has 0 spiro atoms. The molecule has 68 valence electrons. The van der Waals surface area contributed by atoms with Crippen molar-refractivity contribution in [3.63, 3.8) is 0 Å². The second-order valence-corrected chi connectivity index (χ2v) is 2.93. The van der Waals surface area contributed by atoms with E-state index < -0.39 is 0 Å². The minimum atomic E-state index is 0.638. The van der Waals surface area contributed by atoms with Crippen molar-refractivity contribution in [1.82, 2.24) is 10.2 Å². The first kappa shape index (κ1) is 7.91. The third kappa shape index (κ3) is 1.02. The number of aryl methyl sites for hydroxylation is 1. The van der Waals surface area contributed by atoms with Gasteiger partial charge in [0, 0.05) is 5.69 Å². The van der Waals surface area contributed by atoms with E-state index in [-0.39, 0.29) is 0 Å². The van der Waals surface area contributed by atoms with Gasteiger partial charge in [-0.25, -0.2) is 0 Å². The number of hydrogen-bond donors (Lipinski definition) is 2. The van der Waals surface area contributed by atoms with E-state index in [1.165, 1.54) is 0 Å². The van der Waals surface area contributed by atoms with Crippen molar-refractivity contribution in [1.29, 1.82) is 0 Å². The van der Waals surface area contributed by atoms with E-state index in [2.05, 4.69) is 10.2 Å². The van der Waals surface area contributed by atoms with Gasteiger partial charge in [-0.2, -0.15) is 5.10 Å². The molecule has 2 rings (SSSR count). The molecule has 0 saturated heterocycles. The number of nitrogens with one attached hydrogen (secondary N) is 1. The monoisotopic (exact) mass is 177 g/mol. The van der Waals surface area contributed by atoms with Crippen LogP contribution in [0.2, 0.25) is 0 Å². The summed E-state index contributed by atoms with van der Waals surface area (Å²) in [5, 5.41) is 7.96. The van der Waals surface area contributed by atoms with E-state index in [1.54, 1.807) is 13.2 Å². The number of aromatic amines is 1. The molecule has 0 aliphatic heterocycles. The third-order valence-corrected chi connectivity index (χ3v) is 2.09. The smallest absolute Gasteiger partial charge is 0.153 e. The largest absolute Gasteiger partial charge is 0.494 e. The topological polar surface area (TPSA) is 63.9 Å². The van der Waals surface area contributed by atoms with Gasteiger partial charge in [0.05, 0.1) is 23.7 Å². The highest BCUT2D eigenvalue weighted by Gasteiger charge is 2.10. The molecule has 0 atom stereocenters. The van der Waals surface area contributed by atoms with Crippen LogP contribution in [0.3, 0.4) is 0 Å². The molecular weight excluding hydrogens is 166 g/mol. The molecule has 0 saturated carbocycles. The lowest BCUT2D eigenvalue weighted by atomic mass is 10.2. The highest BCUT2D eigenvalue weighted by atomic mass is 16.5. The van der Waals surface area contributed by atoms with Gasteiger partial charge in [-0.3, -0.25) is 5.10 Å². The van der Waals surface area contributed by atoms with Crippen molar-refractivity contribution in [2.45, 2.75) is 6.92 Å². The maximum atomic E-state index is 5.76. The molecule has 1 heterocycles. The summed E-state index contributed by atoms with van der Waals surface area (Å²) in [4.78, 5) is 0. The van der Waals surface area contributed by atoms with Crippen LogP contribution in [0.25, 0.3) is 10.9 Å². The van der Waals surface area contributed by atoms with Gasteiger partial charge in [-0.15, -0.1) is 0 Å². The summed E-state index contributed by atoms with van der Waals surface area (Å²) in [6, 6.07) is 3.66. The maximum Gasteiger partial charge on any atom is 0.153 e. The molecule has 3 N–H and O–H groups in total. The number of H-pyrrole nitrogens is 1. The molecule has 4 heteroatoms. The van der Waals surface area contributed by atoms with Gasteiger partial charge in [0.25, 0.3) is 0 Å². The number of methoxy groups -OCH3 is 1. The zero-order valence-electron chi connectivity index (χ0n) is 7.59. The van der Waals surface area contributed by atoms with Gasteiger partial charge >= 0.3 is 0 Å².